The van der Waals surface area contributed by atoms with Crippen LogP contribution in [0.25, 0.3) is 0 Å². The van der Waals surface area contributed by atoms with Crippen LogP contribution >= 0.6 is 0 Å². The molecule has 0 amide bonds. The SMILES string of the molecule is C[C@@](N)(CO)c1ccccc1O. The molecule has 12 heavy (non-hydrogen) atoms. The number of aromatic hydroxyl groups is 1. The Morgan fingerprint density at radius 1 is 1.42 bits per heavy atom. The molecule has 1 aromatic rings. The molecule has 0 spiro atoms. The third-order valence-electron chi connectivity index (χ3n) is 1.85. The first kappa shape index (κ1) is 9.03. The fourth-order valence-corrected chi connectivity index (χ4v) is 1.04. The maximum Gasteiger partial charge on any atom is 0.120 e. The van der Waals surface area contributed by atoms with Gasteiger partial charge < -0.3 is 15.9 Å². The van der Waals surface area contributed by atoms with Gasteiger partial charge in [0, 0.05) is 5.56 Å². The summed E-state index contributed by atoms with van der Waals surface area (Å²) in [6, 6.07) is 6.74. The molecule has 0 aliphatic heterocycles. The van der Waals surface area contributed by atoms with E-state index in [1.54, 1.807) is 31.2 Å². The molecule has 3 nitrogen and oxygen atoms in total. The smallest absolute Gasteiger partial charge is 0.120 e. The molecular weight excluding hydrogens is 154 g/mol. The average Bonchev–Trinajstić information content (AvgIpc) is 2.05. The Hall–Kier alpha value is -1.06. The molecule has 0 bridgehead atoms. The zero-order valence-corrected chi connectivity index (χ0v) is 6.99. The van der Waals surface area contributed by atoms with Crippen LogP contribution in [0.15, 0.2) is 24.3 Å². The van der Waals surface area contributed by atoms with Crippen molar-refractivity contribution in [3.8, 4) is 5.75 Å². The van der Waals surface area contributed by atoms with Gasteiger partial charge in [0.2, 0.25) is 0 Å². The van der Waals surface area contributed by atoms with E-state index in [0.29, 0.717) is 5.56 Å². The lowest BCUT2D eigenvalue weighted by Gasteiger charge is -2.22. The van der Waals surface area contributed by atoms with Crippen molar-refractivity contribution in [3.05, 3.63) is 29.8 Å². The van der Waals surface area contributed by atoms with Crippen LogP contribution in [0.1, 0.15) is 12.5 Å². The number of hydrogen-bond acceptors (Lipinski definition) is 3. The maximum atomic E-state index is 9.39. The molecule has 0 fully saturated rings. The molecule has 66 valence electrons. The van der Waals surface area contributed by atoms with E-state index < -0.39 is 5.54 Å². The second-order valence-corrected chi connectivity index (χ2v) is 3.09. The topological polar surface area (TPSA) is 66.5 Å². The summed E-state index contributed by atoms with van der Waals surface area (Å²) in [5.74, 6) is 0.122. The zero-order valence-electron chi connectivity index (χ0n) is 6.99. The van der Waals surface area contributed by atoms with Crippen LogP contribution in [0.3, 0.4) is 0 Å². The molecule has 4 N–H and O–H groups in total. The second-order valence-electron chi connectivity index (χ2n) is 3.09. The maximum absolute atomic E-state index is 9.39. The molecule has 1 rings (SSSR count). The van der Waals surface area contributed by atoms with Gasteiger partial charge in [-0.25, -0.2) is 0 Å². The van der Waals surface area contributed by atoms with E-state index in [1.807, 2.05) is 0 Å². The Bertz CT molecular complexity index is 271. The number of aliphatic hydroxyl groups is 1. The predicted molar refractivity (Wildman–Crippen MR) is 46.7 cm³/mol. The molecule has 0 heterocycles. The third-order valence-corrected chi connectivity index (χ3v) is 1.85. The predicted octanol–water partition coefficient (Wildman–Crippen LogP) is 0.558. The van der Waals surface area contributed by atoms with Gasteiger partial charge in [-0.3, -0.25) is 0 Å². The van der Waals surface area contributed by atoms with E-state index in [1.165, 1.54) is 0 Å². The Morgan fingerprint density at radius 2 is 2.00 bits per heavy atom. The van der Waals surface area contributed by atoms with Crippen LogP contribution in [0.4, 0.5) is 0 Å². The number of para-hydroxylation sites is 1. The van der Waals surface area contributed by atoms with Gasteiger partial charge in [-0.05, 0) is 13.0 Å². The summed E-state index contributed by atoms with van der Waals surface area (Å²) >= 11 is 0. The largest absolute Gasteiger partial charge is 0.508 e. The highest BCUT2D eigenvalue weighted by Gasteiger charge is 2.22. The van der Waals surface area contributed by atoms with Crippen LogP contribution in [0.5, 0.6) is 5.75 Å². The Kier molecular flexibility index (Phi) is 2.35. The Balaban J connectivity index is 3.10. The fraction of sp³-hybridized carbons (Fsp3) is 0.333. The number of phenolic OH excluding ortho intramolecular Hbond substituents is 1. The monoisotopic (exact) mass is 167 g/mol. The highest BCUT2D eigenvalue weighted by molar-refractivity contribution is 5.37. The van der Waals surface area contributed by atoms with Crippen LogP contribution < -0.4 is 5.73 Å². The minimum atomic E-state index is -0.870. The molecule has 0 saturated heterocycles. The second kappa shape index (κ2) is 3.13. The first-order valence-corrected chi connectivity index (χ1v) is 3.76. The minimum Gasteiger partial charge on any atom is -0.508 e. The van der Waals surface area contributed by atoms with Crippen molar-refractivity contribution in [2.75, 3.05) is 6.61 Å². The van der Waals surface area contributed by atoms with Crippen molar-refractivity contribution in [2.24, 2.45) is 5.73 Å². The molecular formula is C9H13NO2. The number of benzene rings is 1. The number of aliphatic hydroxyl groups excluding tert-OH is 1. The van der Waals surface area contributed by atoms with E-state index in [4.69, 9.17) is 10.8 Å². The summed E-state index contributed by atoms with van der Waals surface area (Å²) in [5.41, 5.74) is 5.42. The highest BCUT2D eigenvalue weighted by Crippen LogP contribution is 2.25. The van der Waals surface area contributed by atoms with Gasteiger partial charge in [0.15, 0.2) is 0 Å². The first-order valence-electron chi connectivity index (χ1n) is 3.76. The lowest BCUT2D eigenvalue weighted by molar-refractivity contribution is 0.207. The van der Waals surface area contributed by atoms with E-state index in [0.717, 1.165) is 0 Å². The fourth-order valence-electron chi connectivity index (χ4n) is 1.04. The number of hydrogen-bond donors (Lipinski definition) is 3. The van der Waals surface area contributed by atoms with Crippen LogP contribution in [-0.2, 0) is 5.54 Å². The normalized spacial score (nSPS) is 15.6. The van der Waals surface area contributed by atoms with Gasteiger partial charge in [0.1, 0.15) is 5.75 Å². The first-order chi connectivity index (χ1) is 5.58. The summed E-state index contributed by atoms with van der Waals surface area (Å²) in [4.78, 5) is 0. The summed E-state index contributed by atoms with van der Waals surface area (Å²) in [6.07, 6.45) is 0. The molecule has 1 aromatic carbocycles. The van der Waals surface area contributed by atoms with Crippen LogP contribution in [-0.4, -0.2) is 16.8 Å². The number of phenols is 1. The van der Waals surface area contributed by atoms with Crippen molar-refractivity contribution >= 4 is 0 Å². The van der Waals surface area contributed by atoms with E-state index >= 15 is 0 Å². The van der Waals surface area contributed by atoms with Gasteiger partial charge in [-0.2, -0.15) is 0 Å². The quantitative estimate of drug-likeness (QED) is 0.603. The summed E-state index contributed by atoms with van der Waals surface area (Å²) < 4.78 is 0. The summed E-state index contributed by atoms with van der Waals surface area (Å²) in [7, 11) is 0. The van der Waals surface area contributed by atoms with E-state index in [-0.39, 0.29) is 12.4 Å². The Labute approximate surface area is 71.5 Å². The van der Waals surface area contributed by atoms with Gasteiger partial charge in [0.25, 0.3) is 0 Å². The highest BCUT2D eigenvalue weighted by atomic mass is 16.3. The molecule has 0 unspecified atom stereocenters. The summed E-state index contributed by atoms with van der Waals surface area (Å²) in [5, 5.41) is 18.3. The van der Waals surface area contributed by atoms with Gasteiger partial charge in [-0.1, -0.05) is 18.2 Å². The van der Waals surface area contributed by atoms with Gasteiger partial charge in [0.05, 0.1) is 12.1 Å². The number of nitrogens with two attached hydrogens (primary N) is 1. The molecule has 0 aliphatic rings. The van der Waals surface area contributed by atoms with Crippen molar-refractivity contribution in [1.82, 2.24) is 0 Å². The molecule has 0 aromatic heterocycles. The lowest BCUT2D eigenvalue weighted by atomic mass is 9.93. The van der Waals surface area contributed by atoms with Crippen LogP contribution in [0.2, 0.25) is 0 Å². The van der Waals surface area contributed by atoms with Crippen molar-refractivity contribution in [1.29, 1.82) is 0 Å². The zero-order chi connectivity index (χ0) is 9.19. The molecule has 3 heteroatoms. The average molecular weight is 167 g/mol. The third kappa shape index (κ3) is 1.57. The Morgan fingerprint density at radius 3 is 2.50 bits per heavy atom. The number of rotatable bonds is 2. The van der Waals surface area contributed by atoms with E-state index in [2.05, 4.69) is 0 Å². The summed E-state index contributed by atoms with van der Waals surface area (Å²) in [6.45, 7) is 1.48. The van der Waals surface area contributed by atoms with Crippen molar-refractivity contribution in [3.63, 3.8) is 0 Å². The molecule has 0 aliphatic carbocycles. The van der Waals surface area contributed by atoms with Crippen LogP contribution in [0, 0.1) is 0 Å². The molecule has 1 atom stereocenters. The van der Waals surface area contributed by atoms with Gasteiger partial charge in [-0.15, -0.1) is 0 Å². The minimum absolute atomic E-state index is 0.122. The molecule has 0 saturated carbocycles. The van der Waals surface area contributed by atoms with Crippen molar-refractivity contribution in [2.45, 2.75) is 12.5 Å². The van der Waals surface area contributed by atoms with Gasteiger partial charge >= 0.3 is 0 Å². The lowest BCUT2D eigenvalue weighted by Crippen LogP contribution is -2.36. The molecule has 0 radical (unpaired) electrons. The standard InChI is InChI=1S/C9H13NO2/c1-9(10,6-11)7-4-2-3-5-8(7)12/h2-5,11-12H,6,10H2,1H3/t9-/m1/s1. The van der Waals surface area contributed by atoms with Crippen molar-refractivity contribution < 1.29 is 10.2 Å². The van der Waals surface area contributed by atoms with E-state index in [9.17, 15) is 5.11 Å².